The molecule has 176 valence electrons. The van der Waals surface area contributed by atoms with Gasteiger partial charge in [-0.15, -0.1) is 0 Å². The van der Waals surface area contributed by atoms with Gasteiger partial charge in [-0.3, -0.25) is 14.3 Å². The van der Waals surface area contributed by atoms with Gasteiger partial charge in [0.1, 0.15) is 11.3 Å². The second-order valence-electron chi connectivity index (χ2n) is 9.03. The molecule has 3 aromatic heterocycles. The molecule has 1 fully saturated rings. The highest BCUT2D eigenvalue weighted by molar-refractivity contribution is 6.01. The minimum Gasteiger partial charge on any atom is -0.454 e. The fourth-order valence-electron chi connectivity index (χ4n) is 4.81. The lowest BCUT2D eigenvalue weighted by Gasteiger charge is -2.33. The predicted octanol–water partition coefficient (Wildman–Crippen LogP) is 3.86. The highest BCUT2D eigenvalue weighted by Gasteiger charge is 2.32. The number of allylic oxidation sites excluding steroid dienone is 1. The molecule has 0 bridgehead atoms. The van der Waals surface area contributed by atoms with Crippen molar-refractivity contribution >= 4 is 33.6 Å². The number of aromatic amines is 1. The lowest BCUT2D eigenvalue weighted by molar-refractivity contribution is -0.128. The van der Waals surface area contributed by atoms with Crippen LogP contribution in [0.1, 0.15) is 43.9 Å². The molecule has 5 rings (SSSR count). The van der Waals surface area contributed by atoms with Gasteiger partial charge in [-0.05, 0) is 52.7 Å². The zero-order valence-corrected chi connectivity index (χ0v) is 19.8. The molecule has 0 radical (unpaired) electrons. The van der Waals surface area contributed by atoms with Crippen LogP contribution in [0.3, 0.4) is 0 Å². The summed E-state index contributed by atoms with van der Waals surface area (Å²) >= 11 is 0. The number of nitrogens with two attached hydrogens (primary N) is 1. The Balaban J connectivity index is 1.73. The molecule has 1 saturated heterocycles. The number of hydrogen-bond acceptors (Lipinski definition) is 6. The van der Waals surface area contributed by atoms with Gasteiger partial charge in [-0.1, -0.05) is 17.7 Å². The Morgan fingerprint density at radius 3 is 2.88 bits per heavy atom. The maximum Gasteiger partial charge on any atom is 0.292 e. The highest BCUT2D eigenvalue weighted by atomic mass is 16.3. The summed E-state index contributed by atoms with van der Waals surface area (Å²) in [5.74, 6) is 0.801. The molecule has 3 N–H and O–H groups in total. The summed E-state index contributed by atoms with van der Waals surface area (Å²) in [5.41, 5.74) is 10.2. The van der Waals surface area contributed by atoms with Crippen LogP contribution in [-0.2, 0) is 4.79 Å². The maximum atomic E-state index is 12.9. The Morgan fingerprint density at radius 2 is 2.12 bits per heavy atom. The van der Waals surface area contributed by atoms with Crippen molar-refractivity contribution in [2.45, 2.75) is 46.6 Å². The number of nitrogen functional groups attached to an aromatic ring is 1. The van der Waals surface area contributed by atoms with Crippen LogP contribution in [0.15, 0.2) is 39.1 Å². The van der Waals surface area contributed by atoms with Gasteiger partial charge in [0.05, 0.1) is 11.4 Å². The number of fused-ring (bicyclic) bond motifs is 2. The number of carbonyl (C=O) groups is 1. The molecule has 9 heteroatoms. The Kier molecular flexibility index (Phi) is 5.27. The quantitative estimate of drug-likeness (QED) is 0.448. The van der Waals surface area contributed by atoms with Crippen LogP contribution < -0.4 is 11.3 Å². The van der Waals surface area contributed by atoms with Crippen molar-refractivity contribution in [2.24, 2.45) is 0 Å². The van der Waals surface area contributed by atoms with Gasteiger partial charge < -0.3 is 15.1 Å². The molecule has 9 nitrogen and oxygen atoms in total. The Bertz CT molecular complexity index is 1520. The van der Waals surface area contributed by atoms with Crippen molar-refractivity contribution in [3.05, 3.63) is 51.3 Å². The number of nitrogens with one attached hydrogen (secondary N) is 1. The van der Waals surface area contributed by atoms with Crippen molar-refractivity contribution in [1.29, 1.82) is 0 Å². The molecule has 4 aromatic rings. The molecule has 1 aliphatic heterocycles. The average Bonchev–Trinajstić information content (AvgIpc) is 3.39. The van der Waals surface area contributed by atoms with Gasteiger partial charge in [0.15, 0.2) is 17.1 Å². The molecule has 4 heterocycles. The summed E-state index contributed by atoms with van der Waals surface area (Å²) < 4.78 is 8.14. The number of carbonyl (C=O) groups excluding carboxylic acids is 1. The number of likely N-dealkylation sites (tertiary alicyclic amines) is 1. The van der Waals surface area contributed by atoms with Crippen LogP contribution in [0.5, 0.6) is 0 Å². The number of rotatable bonds is 3. The lowest BCUT2D eigenvalue weighted by atomic mass is 10.0. The van der Waals surface area contributed by atoms with Crippen LogP contribution in [0, 0.1) is 13.8 Å². The second-order valence-corrected chi connectivity index (χ2v) is 9.03. The first-order chi connectivity index (χ1) is 16.3. The van der Waals surface area contributed by atoms with Crippen LogP contribution in [0.4, 0.5) is 5.82 Å². The summed E-state index contributed by atoms with van der Waals surface area (Å²) in [6.07, 6.45) is 3.46. The van der Waals surface area contributed by atoms with Crippen LogP contribution in [-0.4, -0.2) is 43.9 Å². The van der Waals surface area contributed by atoms with Gasteiger partial charge in [0.25, 0.3) is 5.56 Å². The third-order valence-electron chi connectivity index (χ3n) is 6.77. The lowest BCUT2D eigenvalue weighted by Crippen LogP contribution is -2.41. The Labute approximate surface area is 196 Å². The fraction of sp³-hybridized carbons (Fsp3) is 0.360. The molecule has 0 aliphatic carbocycles. The summed E-state index contributed by atoms with van der Waals surface area (Å²) in [7, 11) is 0. The number of nitrogens with zero attached hydrogens (tertiary/aromatic N) is 4. The molecule has 34 heavy (non-hydrogen) atoms. The Morgan fingerprint density at radius 1 is 1.32 bits per heavy atom. The minimum atomic E-state index is -0.415. The summed E-state index contributed by atoms with van der Waals surface area (Å²) in [4.78, 5) is 27.4. The molecule has 1 atom stereocenters. The van der Waals surface area contributed by atoms with E-state index >= 15 is 0 Å². The van der Waals surface area contributed by atoms with E-state index in [0.29, 0.717) is 35.5 Å². The van der Waals surface area contributed by atoms with Crippen LogP contribution in [0.25, 0.3) is 33.3 Å². The predicted molar refractivity (Wildman–Crippen MR) is 132 cm³/mol. The summed E-state index contributed by atoms with van der Waals surface area (Å²) in [5, 5.41) is 12.6. The first kappa shape index (κ1) is 21.9. The van der Waals surface area contributed by atoms with Gasteiger partial charge in [-0.2, -0.15) is 10.2 Å². The van der Waals surface area contributed by atoms with Gasteiger partial charge in [0, 0.05) is 29.6 Å². The van der Waals surface area contributed by atoms with Crippen molar-refractivity contribution in [2.75, 3.05) is 18.8 Å². The van der Waals surface area contributed by atoms with Crippen molar-refractivity contribution in [3.63, 3.8) is 0 Å². The molecule has 1 aliphatic rings. The van der Waals surface area contributed by atoms with E-state index in [0.717, 1.165) is 34.9 Å². The van der Waals surface area contributed by atoms with E-state index in [1.54, 1.807) is 0 Å². The summed E-state index contributed by atoms with van der Waals surface area (Å²) in [6, 6.07) is 5.88. The average molecular weight is 461 g/mol. The van der Waals surface area contributed by atoms with Crippen molar-refractivity contribution in [3.8, 4) is 11.5 Å². The summed E-state index contributed by atoms with van der Waals surface area (Å²) in [6.45, 7) is 8.88. The van der Waals surface area contributed by atoms with Crippen LogP contribution in [0.2, 0.25) is 0 Å². The van der Waals surface area contributed by atoms with E-state index in [9.17, 15) is 9.59 Å². The first-order valence-corrected chi connectivity index (χ1v) is 11.5. The van der Waals surface area contributed by atoms with Crippen molar-refractivity contribution in [1.82, 2.24) is 24.9 Å². The zero-order chi connectivity index (χ0) is 24.1. The zero-order valence-electron chi connectivity index (χ0n) is 19.8. The minimum absolute atomic E-state index is 0.0138. The molecule has 1 unspecified atom stereocenters. The standard InChI is InChI=1S/C25H28N6O3/c1-5-14(3)25(33)30-10-6-7-16(12-30)31-21(19-20(29-31)24(32)28-27-23(19)26)22-15(4)17-11-13(2)8-9-18(17)34-22/h5,8-9,11,16H,6-7,10,12H2,1-4H3,(H2,26,27)(H,28,32)/b14-5+. The molecule has 0 spiro atoms. The van der Waals surface area contributed by atoms with E-state index in [-0.39, 0.29) is 23.3 Å². The molecular weight excluding hydrogens is 432 g/mol. The number of hydrogen-bond donors (Lipinski definition) is 2. The molecule has 1 aromatic carbocycles. The normalized spacial score (nSPS) is 17.1. The number of piperidine rings is 1. The smallest absolute Gasteiger partial charge is 0.292 e. The van der Waals surface area contributed by atoms with E-state index in [1.165, 1.54) is 0 Å². The first-order valence-electron chi connectivity index (χ1n) is 11.5. The third-order valence-corrected chi connectivity index (χ3v) is 6.77. The van der Waals surface area contributed by atoms with Gasteiger partial charge in [0.2, 0.25) is 5.91 Å². The number of anilines is 1. The number of aryl methyl sites for hydroxylation is 2. The fourth-order valence-corrected chi connectivity index (χ4v) is 4.81. The number of amides is 1. The van der Waals surface area contributed by atoms with Gasteiger partial charge >= 0.3 is 0 Å². The van der Waals surface area contributed by atoms with Crippen molar-refractivity contribution < 1.29 is 9.21 Å². The molecule has 1 amide bonds. The monoisotopic (exact) mass is 460 g/mol. The maximum absolute atomic E-state index is 12.9. The van der Waals surface area contributed by atoms with E-state index < -0.39 is 5.56 Å². The second kappa shape index (κ2) is 8.16. The number of H-pyrrole nitrogens is 1. The number of furan rings is 1. The number of benzene rings is 1. The highest BCUT2D eigenvalue weighted by Crippen LogP contribution is 2.40. The van der Waals surface area contributed by atoms with E-state index in [2.05, 4.69) is 16.3 Å². The number of aromatic nitrogens is 4. The van der Waals surface area contributed by atoms with Crippen LogP contribution >= 0.6 is 0 Å². The largest absolute Gasteiger partial charge is 0.454 e. The molecular formula is C25H28N6O3. The van der Waals surface area contributed by atoms with E-state index in [1.807, 2.05) is 55.5 Å². The Hall–Kier alpha value is -3.88. The van der Waals surface area contributed by atoms with E-state index in [4.69, 9.17) is 15.2 Å². The van der Waals surface area contributed by atoms with Gasteiger partial charge in [-0.25, -0.2) is 5.10 Å². The SMILES string of the molecule is C/C=C(\C)C(=O)N1CCCC(n2nc3c(=O)[nH]nc(N)c3c2-c2oc3ccc(C)cc3c2C)C1. The third kappa shape index (κ3) is 3.39. The molecule has 0 saturated carbocycles. The topological polar surface area (TPSA) is 123 Å².